The van der Waals surface area contributed by atoms with Crippen LogP contribution in [0.1, 0.15) is 70.1 Å². The standard InChI is InChI=1S/C36H30N3O.C18H24GeN.Ir/c1-22(2)29-20-25(24-12-6-5-7-13-24)21-30(23(3)4)33(29)39-31-17-11-19-37-35(31)38-36(39)28-16-10-15-27-26-14-8-9-18-32(26)40-34(27)28;1-14(2)11-16-12-18(15-9-7-6-8-10-15)20-13-17(16)19(3,4)5;/h5-15,17-23H,1-4H3;6-9,12-14H,11H2,1-5H3;/q2*-1;. The van der Waals surface area contributed by atoms with Gasteiger partial charge in [-0.25, -0.2) is 4.98 Å². The molecule has 1 radical (unpaired) electrons. The van der Waals surface area contributed by atoms with E-state index >= 15 is 0 Å². The molecule has 4 heterocycles. The van der Waals surface area contributed by atoms with Gasteiger partial charge in [0.15, 0.2) is 5.65 Å². The summed E-state index contributed by atoms with van der Waals surface area (Å²) in [4.78, 5) is 14.5. The molecule has 4 aromatic heterocycles. The molecule has 0 saturated heterocycles. The Balaban J connectivity index is 0.000000226. The van der Waals surface area contributed by atoms with Crippen LogP contribution in [-0.4, -0.2) is 32.8 Å². The van der Waals surface area contributed by atoms with Gasteiger partial charge in [-0.2, -0.15) is 0 Å². The van der Waals surface area contributed by atoms with E-state index in [0.29, 0.717) is 11.6 Å². The summed E-state index contributed by atoms with van der Waals surface area (Å²) < 4.78 is 10.3. The first kappa shape index (κ1) is 43.9. The Bertz CT molecular complexity index is 2900. The molecule has 0 unspecified atom stereocenters. The van der Waals surface area contributed by atoms with E-state index < -0.39 is 13.3 Å². The van der Waals surface area contributed by atoms with Crippen LogP contribution in [0.15, 0.2) is 138 Å². The van der Waals surface area contributed by atoms with Gasteiger partial charge in [0.05, 0.1) is 16.9 Å². The summed E-state index contributed by atoms with van der Waals surface area (Å²) >= 11 is -1.86. The number of hydrogen-bond acceptors (Lipinski definition) is 4. The molecular formula is C54H54GeIrN4O-2. The molecule has 0 aliphatic rings. The summed E-state index contributed by atoms with van der Waals surface area (Å²) in [5, 5.41) is 2.15. The Kier molecular flexibility index (Phi) is 13.3. The van der Waals surface area contributed by atoms with Crippen LogP contribution in [0, 0.1) is 18.1 Å². The Labute approximate surface area is 377 Å². The summed E-state index contributed by atoms with van der Waals surface area (Å²) in [6, 6.07) is 48.8. The normalized spacial score (nSPS) is 11.7. The SMILES string of the molecule is CC(C)Cc1cc(-c2[c-]cccc2)nc[c]1[Ge]([CH3])([CH3])[CH3].CC(C)c1cc(-c2ccccc2)cc(C(C)C)c1-n1c(-c2[c-]ccc3c2oc2ccccc23)nc2ncccc21.[Ir]. The molecule has 5 aromatic carbocycles. The van der Waals surface area contributed by atoms with E-state index in [-0.39, 0.29) is 31.9 Å². The average molecular weight is 1040 g/mol. The molecule has 5 nitrogen and oxygen atoms in total. The fraction of sp³-hybridized carbons (Fsp3) is 0.241. The van der Waals surface area contributed by atoms with Crippen LogP contribution >= 0.6 is 0 Å². The van der Waals surface area contributed by atoms with Crippen LogP contribution in [0.5, 0.6) is 0 Å². The van der Waals surface area contributed by atoms with Crippen molar-refractivity contribution < 1.29 is 24.5 Å². The molecule has 0 saturated carbocycles. The molecule has 0 aliphatic carbocycles. The van der Waals surface area contributed by atoms with E-state index in [0.717, 1.165) is 62.2 Å². The fourth-order valence-electron chi connectivity index (χ4n) is 8.26. The second-order valence-corrected chi connectivity index (χ2v) is 28.4. The van der Waals surface area contributed by atoms with Crippen molar-refractivity contribution in [1.82, 2.24) is 19.5 Å². The minimum Gasteiger partial charge on any atom is -0.501 e. The molecule has 0 spiro atoms. The number of aromatic nitrogens is 4. The zero-order valence-electron chi connectivity index (χ0n) is 36.7. The summed E-state index contributed by atoms with van der Waals surface area (Å²) in [6.07, 6.45) is 5.08. The van der Waals surface area contributed by atoms with Crippen molar-refractivity contribution in [2.24, 2.45) is 5.92 Å². The number of furan rings is 1. The molecule has 0 atom stereocenters. The average Bonchev–Trinajstić information content (AvgIpc) is 3.82. The van der Waals surface area contributed by atoms with Crippen molar-refractivity contribution in [3.63, 3.8) is 0 Å². The Hall–Kier alpha value is -5.14. The van der Waals surface area contributed by atoms with Gasteiger partial charge in [-0.3, -0.25) is 4.98 Å². The van der Waals surface area contributed by atoms with Crippen molar-refractivity contribution >= 4 is 50.8 Å². The predicted molar refractivity (Wildman–Crippen MR) is 254 cm³/mol. The van der Waals surface area contributed by atoms with E-state index in [9.17, 15) is 0 Å². The first-order valence-corrected chi connectivity index (χ1v) is 28.6. The van der Waals surface area contributed by atoms with Crippen LogP contribution in [0.25, 0.3) is 72.6 Å². The summed E-state index contributed by atoms with van der Waals surface area (Å²) in [5.41, 5.74) is 13.9. The third kappa shape index (κ3) is 9.09. The van der Waals surface area contributed by atoms with Crippen molar-refractivity contribution in [3.8, 4) is 39.5 Å². The maximum Gasteiger partial charge on any atom is 0.168 e. The molecule has 0 bridgehead atoms. The van der Waals surface area contributed by atoms with Gasteiger partial charge in [0.1, 0.15) is 5.58 Å². The van der Waals surface area contributed by atoms with Gasteiger partial charge in [0, 0.05) is 37.4 Å². The molecule has 9 rings (SSSR count). The second-order valence-electron chi connectivity index (χ2n) is 17.8. The number of rotatable bonds is 9. The zero-order chi connectivity index (χ0) is 42.1. The van der Waals surface area contributed by atoms with Crippen molar-refractivity contribution in [3.05, 3.63) is 163 Å². The summed E-state index contributed by atoms with van der Waals surface area (Å²) in [7, 11) is 0. The number of hydrogen-bond donors (Lipinski definition) is 0. The summed E-state index contributed by atoms with van der Waals surface area (Å²) in [6.45, 7) is 13.6. The summed E-state index contributed by atoms with van der Waals surface area (Å²) in [5.74, 6) is 9.34. The Morgan fingerprint density at radius 1 is 0.689 bits per heavy atom. The molecule has 0 N–H and O–H groups in total. The molecule has 9 aromatic rings. The number of fused-ring (bicyclic) bond motifs is 4. The molecular weight excluding hydrogens is 985 g/mol. The Morgan fingerprint density at radius 3 is 2.07 bits per heavy atom. The second kappa shape index (κ2) is 18.5. The van der Waals surface area contributed by atoms with Crippen molar-refractivity contribution in [1.29, 1.82) is 0 Å². The van der Waals surface area contributed by atoms with Crippen LogP contribution in [0.3, 0.4) is 0 Å². The largest absolute Gasteiger partial charge is 0.501 e. The molecule has 0 amide bonds. The topological polar surface area (TPSA) is 56.7 Å². The van der Waals surface area contributed by atoms with Gasteiger partial charge < -0.3 is 8.98 Å². The molecule has 7 heteroatoms. The third-order valence-electron chi connectivity index (χ3n) is 11.1. The van der Waals surface area contributed by atoms with E-state index in [4.69, 9.17) is 14.4 Å². The van der Waals surface area contributed by atoms with Gasteiger partial charge in [-0.15, -0.1) is 18.2 Å². The quantitative estimate of drug-likeness (QED) is 0.107. The van der Waals surface area contributed by atoms with Crippen LogP contribution < -0.4 is 4.40 Å². The first-order chi connectivity index (χ1) is 28.9. The minimum absolute atomic E-state index is 0. The van der Waals surface area contributed by atoms with Crippen molar-refractivity contribution in [2.75, 3.05) is 0 Å². The first-order valence-electron chi connectivity index (χ1n) is 21.2. The van der Waals surface area contributed by atoms with E-state index in [1.54, 1.807) is 10.6 Å². The van der Waals surface area contributed by atoms with E-state index in [1.165, 1.54) is 27.8 Å². The van der Waals surface area contributed by atoms with Crippen LogP contribution in [0.2, 0.25) is 17.3 Å². The van der Waals surface area contributed by atoms with Gasteiger partial charge in [0.25, 0.3) is 0 Å². The monoisotopic (exact) mass is 1040 g/mol. The third-order valence-corrected chi connectivity index (χ3v) is 15.5. The van der Waals surface area contributed by atoms with E-state index in [1.807, 2.05) is 48.5 Å². The van der Waals surface area contributed by atoms with E-state index in [2.05, 4.69) is 159 Å². The molecule has 0 aliphatic heterocycles. The van der Waals surface area contributed by atoms with Gasteiger partial charge in [0.2, 0.25) is 0 Å². The zero-order valence-corrected chi connectivity index (χ0v) is 41.2. The molecule has 61 heavy (non-hydrogen) atoms. The smallest absolute Gasteiger partial charge is 0.168 e. The van der Waals surface area contributed by atoms with Crippen LogP contribution in [0.4, 0.5) is 0 Å². The molecule has 311 valence electrons. The van der Waals surface area contributed by atoms with Gasteiger partial charge in [-0.1, -0.05) is 87.2 Å². The van der Waals surface area contributed by atoms with Gasteiger partial charge >= 0.3 is 126 Å². The number of para-hydroxylation sites is 1. The maximum atomic E-state index is 6.45. The van der Waals surface area contributed by atoms with Gasteiger partial charge in [-0.05, 0) is 64.4 Å². The van der Waals surface area contributed by atoms with Crippen molar-refractivity contribution in [2.45, 2.75) is 77.1 Å². The number of pyridine rings is 2. The predicted octanol–water partition coefficient (Wildman–Crippen LogP) is 14.0. The minimum atomic E-state index is -1.86. The molecule has 0 fully saturated rings. The number of nitrogens with zero attached hydrogens (tertiary/aromatic N) is 4. The fourth-order valence-corrected chi connectivity index (χ4v) is 11.6. The number of benzene rings is 5. The number of imidazole rings is 1. The maximum absolute atomic E-state index is 6.45. The van der Waals surface area contributed by atoms with Crippen LogP contribution in [-0.2, 0) is 26.5 Å². The Morgan fingerprint density at radius 2 is 1.39 bits per heavy atom.